The Morgan fingerprint density at radius 3 is 2.43 bits per heavy atom. The largest absolute Gasteiger partial charge is 0.467 e. The van der Waals surface area contributed by atoms with Crippen molar-refractivity contribution in [3.8, 4) is 0 Å². The van der Waals surface area contributed by atoms with Crippen molar-refractivity contribution in [3.05, 3.63) is 0 Å². The molecule has 0 fully saturated rings. The summed E-state index contributed by atoms with van der Waals surface area (Å²) in [6, 6.07) is 0. The van der Waals surface area contributed by atoms with E-state index in [0.29, 0.717) is 0 Å². The minimum atomic E-state index is -1.36. The predicted molar refractivity (Wildman–Crippen MR) is 47.6 cm³/mol. The number of rotatable bonds is 4. The molecule has 0 rings (SSSR count). The first kappa shape index (κ1) is 12.7. The summed E-state index contributed by atoms with van der Waals surface area (Å²) in [6.45, 7) is 3.16. The normalized spacial score (nSPS) is 12.1. The van der Waals surface area contributed by atoms with Crippen LogP contribution in [-0.4, -0.2) is 43.0 Å². The molecule has 2 N–H and O–H groups in total. The van der Waals surface area contributed by atoms with Gasteiger partial charge in [-0.3, -0.25) is 0 Å². The van der Waals surface area contributed by atoms with E-state index < -0.39 is 18.2 Å². The molecule has 0 aromatic heterocycles. The first-order valence-electron chi connectivity index (χ1n) is 4.17. The molecule has 1 amide bonds. The number of methoxy groups -OCH3 is 1. The molecule has 0 aromatic carbocycles. The third kappa shape index (κ3) is 5.36. The standard InChI is InChI=1S/C8H15NO5/c1-5(2)14-8(12)9-4-6(10)7(11)13-3/h5-6,10H,4H2,1-3H3,(H,9,12). The molecular weight excluding hydrogens is 190 g/mol. The monoisotopic (exact) mass is 205 g/mol. The van der Waals surface area contributed by atoms with Crippen molar-refractivity contribution in [1.82, 2.24) is 5.32 Å². The van der Waals surface area contributed by atoms with Crippen molar-refractivity contribution in [2.24, 2.45) is 0 Å². The van der Waals surface area contributed by atoms with E-state index in [9.17, 15) is 9.59 Å². The first-order valence-corrected chi connectivity index (χ1v) is 4.17. The number of hydrogen-bond acceptors (Lipinski definition) is 5. The zero-order chi connectivity index (χ0) is 11.1. The highest BCUT2D eigenvalue weighted by Crippen LogP contribution is 1.89. The van der Waals surface area contributed by atoms with Gasteiger partial charge in [0.15, 0.2) is 6.10 Å². The summed E-state index contributed by atoms with van der Waals surface area (Å²) in [5.74, 6) is -0.796. The van der Waals surface area contributed by atoms with Gasteiger partial charge in [-0.2, -0.15) is 0 Å². The number of aliphatic hydroxyl groups is 1. The van der Waals surface area contributed by atoms with E-state index in [2.05, 4.69) is 10.1 Å². The number of nitrogens with one attached hydrogen (secondary N) is 1. The number of esters is 1. The maximum absolute atomic E-state index is 10.9. The summed E-state index contributed by atoms with van der Waals surface area (Å²) in [5.41, 5.74) is 0. The zero-order valence-corrected chi connectivity index (χ0v) is 8.44. The second-order valence-electron chi connectivity index (χ2n) is 2.87. The van der Waals surface area contributed by atoms with Crippen LogP contribution in [0.1, 0.15) is 13.8 Å². The van der Waals surface area contributed by atoms with E-state index in [4.69, 9.17) is 9.84 Å². The van der Waals surface area contributed by atoms with Gasteiger partial charge in [0.2, 0.25) is 0 Å². The van der Waals surface area contributed by atoms with Gasteiger partial charge < -0.3 is 19.9 Å². The van der Waals surface area contributed by atoms with Gasteiger partial charge in [-0.05, 0) is 13.8 Å². The lowest BCUT2D eigenvalue weighted by molar-refractivity contribution is -0.149. The van der Waals surface area contributed by atoms with Crippen LogP contribution < -0.4 is 5.32 Å². The summed E-state index contributed by atoms with van der Waals surface area (Å²) in [6.07, 6.45) is -2.28. The van der Waals surface area contributed by atoms with Gasteiger partial charge >= 0.3 is 12.1 Å². The van der Waals surface area contributed by atoms with E-state index >= 15 is 0 Å². The Morgan fingerprint density at radius 2 is 2.00 bits per heavy atom. The van der Waals surface area contributed by atoms with Gasteiger partial charge in [0.05, 0.1) is 19.8 Å². The van der Waals surface area contributed by atoms with Crippen LogP contribution in [0.25, 0.3) is 0 Å². The van der Waals surface area contributed by atoms with Crippen molar-refractivity contribution in [3.63, 3.8) is 0 Å². The molecule has 0 radical (unpaired) electrons. The number of carbonyl (C=O) groups is 2. The van der Waals surface area contributed by atoms with Gasteiger partial charge in [-0.1, -0.05) is 0 Å². The quantitative estimate of drug-likeness (QED) is 0.613. The average Bonchev–Trinajstić information content (AvgIpc) is 2.11. The molecule has 0 aliphatic carbocycles. The lowest BCUT2D eigenvalue weighted by Gasteiger charge is -2.11. The molecule has 0 bridgehead atoms. The number of carbonyl (C=O) groups excluding carboxylic acids is 2. The topological polar surface area (TPSA) is 84.9 Å². The summed E-state index contributed by atoms with van der Waals surface area (Å²) in [7, 11) is 1.15. The van der Waals surface area contributed by atoms with E-state index in [1.54, 1.807) is 13.8 Å². The second kappa shape index (κ2) is 6.20. The van der Waals surface area contributed by atoms with Crippen molar-refractivity contribution in [2.75, 3.05) is 13.7 Å². The van der Waals surface area contributed by atoms with Gasteiger partial charge in [0, 0.05) is 0 Å². The maximum Gasteiger partial charge on any atom is 0.407 e. The lowest BCUT2D eigenvalue weighted by atomic mass is 10.3. The van der Waals surface area contributed by atoms with E-state index in [1.807, 2.05) is 0 Å². The Balaban J connectivity index is 3.71. The smallest absolute Gasteiger partial charge is 0.407 e. The molecule has 82 valence electrons. The molecular formula is C8H15NO5. The Bertz CT molecular complexity index is 204. The summed E-state index contributed by atoms with van der Waals surface area (Å²) in [4.78, 5) is 21.6. The first-order chi connectivity index (χ1) is 6.47. The van der Waals surface area contributed by atoms with Gasteiger partial charge in [-0.15, -0.1) is 0 Å². The molecule has 0 aliphatic heterocycles. The van der Waals surface area contributed by atoms with Crippen molar-refractivity contribution < 1.29 is 24.2 Å². The molecule has 0 spiro atoms. The summed E-state index contributed by atoms with van der Waals surface area (Å²) in [5, 5.41) is 11.3. The molecule has 0 saturated heterocycles. The van der Waals surface area contributed by atoms with Gasteiger partial charge in [0.25, 0.3) is 0 Å². The van der Waals surface area contributed by atoms with Gasteiger partial charge in [0.1, 0.15) is 0 Å². The highest BCUT2D eigenvalue weighted by molar-refractivity contribution is 5.75. The lowest BCUT2D eigenvalue weighted by Crippen LogP contribution is -2.38. The van der Waals surface area contributed by atoms with Crippen molar-refractivity contribution in [1.29, 1.82) is 0 Å². The fourth-order valence-electron chi connectivity index (χ4n) is 0.655. The van der Waals surface area contributed by atoms with E-state index in [0.717, 1.165) is 7.11 Å². The molecule has 0 aromatic rings. The van der Waals surface area contributed by atoms with Crippen LogP contribution >= 0.6 is 0 Å². The van der Waals surface area contributed by atoms with Crippen LogP contribution in [0, 0.1) is 0 Å². The number of alkyl carbamates (subject to hydrolysis) is 1. The van der Waals surface area contributed by atoms with Crippen molar-refractivity contribution in [2.45, 2.75) is 26.1 Å². The van der Waals surface area contributed by atoms with Crippen LogP contribution in [-0.2, 0) is 14.3 Å². The Kier molecular flexibility index (Phi) is 5.62. The van der Waals surface area contributed by atoms with Crippen LogP contribution in [0.2, 0.25) is 0 Å². The zero-order valence-electron chi connectivity index (χ0n) is 8.44. The minimum Gasteiger partial charge on any atom is -0.467 e. The Hall–Kier alpha value is -1.30. The second-order valence-corrected chi connectivity index (χ2v) is 2.87. The number of aliphatic hydroxyl groups excluding tert-OH is 1. The fourth-order valence-corrected chi connectivity index (χ4v) is 0.655. The molecule has 6 heteroatoms. The molecule has 6 nitrogen and oxygen atoms in total. The highest BCUT2D eigenvalue weighted by Gasteiger charge is 2.16. The SMILES string of the molecule is COC(=O)C(O)CNC(=O)OC(C)C. The fraction of sp³-hybridized carbons (Fsp3) is 0.750. The molecule has 1 unspecified atom stereocenters. The predicted octanol–water partition coefficient (Wildman–Crippen LogP) is -0.345. The van der Waals surface area contributed by atoms with E-state index in [-0.39, 0.29) is 12.6 Å². The van der Waals surface area contributed by atoms with Crippen molar-refractivity contribution >= 4 is 12.1 Å². The molecule has 0 heterocycles. The molecule has 1 atom stereocenters. The third-order valence-electron chi connectivity index (χ3n) is 1.26. The molecule has 0 aliphatic rings. The van der Waals surface area contributed by atoms with Crippen LogP contribution in [0.5, 0.6) is 0 Å². The molecule has 14 heavy (non-hydrogen) atoms. The summed E-state index contributed by atoms with van der Waals surface area (Å²) >= 11 is 0. The minimum absolute atomic E-state index is 0.224. The number of hydrogen-bond donors (Lipinski definition) is 2. The highest BCUT2D eigenvalue weighted by atomic mass is 16.6. The third-order valence-corrected chi connectivity index (χ3v) is 1.26. The number of amides is 1. The van der Waals surface area contributed by atoms with E-state index in [1.165, 1.54) is 0 Å². The van der Waals surface area contributed by atoms with Crippen LogP contribution in [0.15, 0.2) is 0 Å². The Morgan fingerprint density at radius 1 is 1.43 bits per heavy atom. The van der Waals surface area contributed by atoms with Gasteiger partial charge in [-0.25, -0.2) is 9.59 Å². The average molecular weight is 205 g/mol. The maximum atomic E-state index is 10.9. The molecule has 0 saturated carbocycles. The Labute approximate surface area is 82.2 Å². The van der Waals surface area contributed by atoms with Crippen LogP contribution in [0.3, 0.4) is 0 Å². The summed E-state index contributed by atoms with van der Waals surface area (Å²) < 4.78 is 8.95. The van der Waals surface area contributed by atoms with Crippen LogP contribution in [0.4, 0.5) is 4.79 Å². The number of ether oxygens (including phenoxy) is 2.